The number of esters is 1. The van der Waals surface area contributed by atoms with Crippen LogP contribution in [0.25, 0.3) is 0 Å². The second-order valence-corrected chi connectivity index (χ2v) is 7.68. The zero-order valence-corrected chi connectivity index (χ0v) is 15.7. The maximum absolute atomic E-state index is 11.9. The molecular formula is C20H36O3. The van der Waals surface area contributed by atoms with Gasteiger partial charge in [0.25, 0.3) is 0 Å². The van der Waals surface area contributed by atoms with Gasteiger partial charge in [0.2, 0.25) is 0 Å². The first-order valence-corrected chi connectivity index (χ1v) is 9.49. The van der Waals surface area contributed by atoms with Crippen LogP contribution in [0.1, 0.15) is 91.9 Å². The first kappa shape index (κ1) is 20.1. The molecule has 0 amide bonds. The van der Waals surface area contributed by atoms with Crippen molar-refractivity contribution in [3.05, 3.63) is 11.8 Å². The summed E-state index contributed by atoms with van der Waals surface area (Å²) in [7, 11) is 0. The van der Waals surface area contributed by atoms with E-state index in [2.05, 4.69) is 6.92 Å². The number of allylic oxidation sites excluding steroid dienone is 1. The van der Waals surface area contributed by atoms with E-state index in [9.17, 15) is 4.79 Å². The summed E-state index contributed by atoms with van der Waals surface area (Å²) in [6, 6.07) is 0. The fourth-order valence-corrected chi connectivity index (χ4v) is 3.00. The summed E-state index contributed by atoms with van der Waals surface area (Å²) in [5.41, 5.74) is -0.444. The van der Waals surface area contributed by atoms with E-state index in [1.165, 1.54) is 51.4 Å². The van der Waals surface area contributed by atoms with E-state index in [4.69, 9.17) is 9.47 Å². The lowest BCUT2D eigenvalue weighted by Gasteiger charge is -2.18. The van der Waals surface area contributed by atoms with Gasteiger partial charge in [0, 0.05) is 5.92 Å². The molecular weight excluding hydrogens is 288 g/mol. The largest absolute Gasteiger partial charge is 0.497 e. The third-order valence-corrected chi connectivity index (χ3v) is 4.21. The van der Waals surface area contributed by atoms with Crippen molar-refractivity contribution < 1.29 is 14.3 Å². The van der Waals surface area contributed by atoms with Crippen molar-refractivity contribution in [1.82, 2.24) is 0 Å². The molecule has 0 aromatic rings. The lowest BCUT2D eigenvalue weighted by molar-refractivity contribution is -0.148. The van der Waals surface area contributed by atoms with Crippen LogP contribution >= 0.6 is 0 Å². The Morgan fingerprint density at radius 3 is 2.35 bits per heavy atom. The monoisotopic (exact) mass is 324 g/mol. The minimum atomic E-state index is -0.444. The molecule has 0 bridgehead atoms. The highest BCUT2D eigenvalue weighted by molar-refractivity contribution is 5.82. The minimum absolute atomic E-state index is 0.282. The van der Waals surface area contributed by atoms with Crippen LogP contribution in [0.2, 0.25) is 0 Å². The van der Waals surface area contributed by atoms with Crippen molar-refractivity contribution in [1.29, 1.82) is 0 Å². The first-order chi connectivity index (χ1) is 10.9. The molecule has 3 nitrogen and oxygen atoms in total. The van der Waals surface area contributed by atoms with E-state index in [0.29, 0.717) is 5.92 Å². The molecule has 1 unspecified atom stereocenters. The Hall–Kier alpha value is -0.990. The zero-order valence-electron chi connectivity index (χ0n) is 15.7. The molecule has 0 aliphatic carbocycles. The minimum Gasteiger partial charge on any atom is -0.497 e. The Kier molecular flexibility index (Phi) is 9.35. The highest BCUT2D eigenvalue weighted by Gasteiger charge is 2.24. The summed E-state index contributed by atoms with van der Waals surface area (Å²) < 4.78 is 11.0. The number of carbonyl (C=O) groups is 1. The fraction of sp³-hybridized carbons (Fsp3) is 0.850. The molecule has 23 heavy (non-hydrogen) atoms. The van der Waals surface area contributed by atoms with E-state index >= 15 is 0 Å². The first-order valence-electron chi connectivity index (χ1n) is 9.49. The van der Waals surface area contributed by atoms with Crippen LogP contribution in [0.3, 0.4) is 0 Å². The number of hydrogen-bond acceptors (Lipinski definition) is 3. The molecule has 0 spiro atoms. The van der Waals surface area contributed by atoms with Crippen molar-refractivity contribution in [2.45, 2.75) is 97.5 Å². The molecule has 3 heteroatoms. The van der Waals surface area contributed by atoms with Gasteiger partial charge in [0.1, 0.15) is 11.4 Å². The maximum Gasteiger partial charge on any atom is 0.334 e. The predicted octanol–water partition coefficient (Wildman–Crippen LogP) is 5.78. The number of hydrogen-bond donors (Lipinski definition) is 0. The Labute approximate surface area is 142 Å². The van der Waals surface area contributed by atoms with Crippen molar-refractivity contribution >= 4 is 5.97 Å². The topological polar surface area (TPSA) is 35.5 Å². The number of unbranched alkanes of at least 4 members (excludes halogenated alkanes) is 7. The summed E-state index contributed by atoms with van der Waals surface area (Å²) >= 11 is 0. The molecule has 1 rings (SSSR count). The predicted molar refractivity (Wildman–Crippen MR) is 95.2 cm³/mol. The molecule has 1 atom stereocenters. The van der Waals surface area contributed by atoms with Crippen LogP contribution < -0.4 is 0 Å². The van der Waals surface area contributed by atoms with Gasteiger partial charge in [-0.1, -0.05) is 58.3 Å². The molecule has 1 fully saturated rings. The molecule has 1 saturated heterocycles. The van der Waals surface area contributed by atoms with Gasteiger partial charge < -0.3 is 9.47 Å². The highest BCUT2D eigenvalue weighted by atomic mass is 16.6. The molecule has 0 N–H and O–H groups in total. The Balaban J connectivity index is 2.21. The van der Waals surface area contributed by atoms with Gasteiger partial charge in [0.05, 0.1) is 12.7 Å². The Morgan fingerprint density at radius 2 is 1.74 bits per heavy atom. The van der Waals surface area contributed by atoms with Crippen LogP contribution in [-0.2, 0) is 14.3 Å². The Morgan fingerprint density at radius 1 is 1.13 bits per heavy atom. The molecule has 1 heterocycles. The van der Waals surface area contributed by atoms with Gasteiger partial charge in [-0.25, -0.2) is 4.79 Å². The SMILES string of the molecule is CCCCCCCCCCC1CCO/C1=C\C(=O)OC(C)(C)C. The summed E-state index contributed by atoms with van der Waals surface area (Å²) in [4.78, 5) is 11.9. The van der Waals surface area contributed by atoms with Gasteiger partial charge in [-0.15, -0.1) is 0 Å². The molecule has 0 saturated carbocycles. The van der Waals surface area contributed by atoms with Crippen LogP contribution in [-0.4, -0.2) is 18.2 Å². The maximum atomic E-state index is 11.9. The van der Waals surface area contributed by atoms with Crippen LogP contribution in [0.15, 0.2) is 11.8 Å². The second-order valence-electron chi connectivity index (χ2n) is 7.68. The number of rotatable bonds is 10. The molecule has 0 radical (unpaired) electrons. The lowest BCUT2D eigenvalue weighted by Crippen LogP contribution is -2.23. The average Bonchev–Trinajstić information content (AvgIpc) is 2.87. The quantitative estimate of drug-likeness (QED) is 0.290. The van der Waals surface area contributed by atoms with E-state index in [1.54, 1.807) is 6.08 Å². The molecule has 0 aromatic heterocycles. The van der Waals surface area contributed by atoms with Crippen LogP contribution in [0, 0.1) is 5.92 Å². The van der Waals surface area contributed by atoms with Crippen LogP contribution in [0.5, 0.6) is 0 Å². The smallest absolute Gasteiger partial charge is 0.334 e. The molecule has 0 aromatic carbocycles. The summed E-state index contributed by atoms with van der Waals surface area (Å²) in [6.45, 7) is 8.65. The standard InChI is InChI=1S/C20H36O3/c1-5-6-7-8-9-10-11-12-13-17-14-15-22-18(17)16-19(21)23-20(2,3)4/h16-17H,5-15H2,1-4H3/b18-16-. The van der Waals surface area contributed by atoms with E-state index in [0.717, 1.165) is 25.2 Å². The van der Waals surface area contributed by atoms with E-state index < -0.39 is 5.60 Å². The third-order valence-electron chi connectivity index (χ3n) is 4.21. The third kappa shape index (κ3) is 9.68. The highest BCUT2D eigenvalue weighted by Crippen LogP contribution is 2.30. The average molecular weight is 325 g/mol. The molecule has 1 aliphatic rings. The number of ether oxygens (including phenoxy) is 2. The normalized spacial score (nSPS) is 19.8. The van der Waals surface area contributed by atoms with Crippen LogP contribution in [0.4, 0.5) is 0 Å². The van der Waals surface area contributed by atoms with Gasteiger partial charge in [0.15, 0.2) is 0 Å². The van der Waals surface area contributed by atoms with Crippen molar-refractivity contribution in [3.63, 3.8) is 0 Å². The van der Waals surface area contributed by atoms with E-state index in [-0.39, 0.29) is 5.97 Å². The summed E-state index contributed by atoms with van der Waals surface area (Å²) in [5.74, 6) is 0.958. The lowest BCUT2D eigenvalue weighted by atomic mass is 9.97. The number of carbonyl (C=O) groups excluding carboxylic acids is 1. The summed E-state index contributed by atoms with van der Waals surface area (Å²) in [6.07, 6.45) is 14.4. The zero-order chi connectivity index (χ0) is 17.1. The van der Waals surface area contributed by atoms with Gasteiger partial charge in [-0.2, -0.15) is 0 Å². The van der Waals surface area contributed by atoms with Crippen molar-refractivity contribution in [2.75, 3.05) is 6.61 Å². The fourth-order valence-electron chi connectivity index (χ4n) is 3.00. The van der Waals surface area contributed by atoms with E-state index in [1.807, 2.05) is 20.8 Å². The van der Waals surface area contributed by atoms with Gasteiger partial charge in [-0.05, 0) is 33.6 Å². The molecule has 1 aliphatic heterocycles. The van der Waals surface area contributed by atoms with Crippen molar-refractivity contribution in [3.8, 4) is 0 Å². The Bertz CT molecular complexity index is 366. The van der Waals surface area contributed by atoms with Crippen molar-refractivity contribution in [2.24, 2.45) is 5.92 Å². The van der Waals surface area contributed by atoms with Gasteiger partial charge in [-0.3, -0.25) is 0 Å². The van der Waals surface area contributed by atoms with Gasteiger partial charge >= 0.3 is 5.97 Å². The summed E-state index contributed by atoms with van der Waals surface area (Å²) in [5, 5.41) is 0. The molecule has 134 valence electrons. The second kappa shape index (κ2) is 10.7.